The first-order valence-corrected chi connectivity index (χ1v) is 7.07. The van der Waals surface area contributed by atoms with Gasteiger partial charge in [-0.15, -0.1) is 11.8 Å². The summed E-state index contributed by atoms with van der Waals surface area (Å²) in [5.41, 5.74) is 0.522. The molecule has 0 heterocycles. The summed E-state index contributed by atoms with van der Waals surface area (Å²) in [6.07, 6.45) is 5.16. The molecule has 0 aliphatic heterocycles. The van der Waals surface area contributed by atoms with Crippen molar-refractivity contribution in [2.24, 2.45) is 17.3 Å². The summed E-state index contributed by atoms with van der Waals surface area (Å²) in [5, 5.41) is 3.60. The van der Waals surface area contributed by atoms with E-state index in [-0.39, 0.29) is 0 Å². The normalized spacial score (nSPS) is 27.6. The van der Waals surface area contributed by atoms with Gasteiger partial charge in [0, 0.05) is 12.5 Å². The largest absolute Gasteiger partial charge is 0.314 e. The summed E-state index contributed by atoms with van der Waals surface area (Å²) >= 11 is 0. The molecule has 0 amide bonds. The fraction of sp³-hybridized carbons (Fsp3) is 0.875. The quantitative estimate of drug-likeness (QED) is 0.730. The SMILES string of the molecule is CC#CCC1CC(C)(C)CCC1CNC(C)C. The van der Waals surface area contributed by atoms with Gasteiger partial charge in [-0.25, -0.2) is 0 Å². The average molecular weight is 235 g/mol. The topological polar surface area (TPSA) is 12.0 Å². The molecular weight excluding hydrogens is 206 g/mol. The highest BCUT2D eigenvalue weighted by atomic mass is 14.9. The minimum absolute atomic E-state index is 0.522. The summed E-state index contributed by atoms with van der Waals surface area (Å²) in [6, 6.07) is 0.600. The number of rotatable bonds is 4. The smallest absolute Gasteiger partial charge is 0.0120 e. The van der Waals surface area contributed by atoms with Crippen LogP contribution in [0.5, 0.6) is 0 Å². The van der Waals surface area contributed by atoms with Crippen LogP contribution in [0.2, 0.25) is 0 Å². The predicted molar refractivity (Wildman–Crippen MR) is 75.8 cm³/mol. The van der Waals surface area contributed by atoms with Crippen molar-refractivity contribution in [2.75, 3.05) is 6.54 Å². The third-order valence-electron chi connectivity index (χ3n) is 4.00. The highest BCUT2D eigenvalue weighted by Gasteiger charge is 2.34. The Kier molecular flexibility index (Phi) is 5.53. The minimum atomic E-state index is 0.522. The van der Waals surface area contributed by atoms with Gasteiger partial charge in [-0.3, -0.25) is 0 Å². The second-order valence-corrected chi connectivity index (χ2v) is 6.62. The molecule has 1 heteroatoms. The molecule has 2 atom stereocenters. The van der Waals surface area contributed by atoms with Crippen LogP contribution in [0.15, 0.2) is 0 Å². The van der Waals surface area contributed by atoms with Crippen LogP contribution in [0.4, 0.5) is 0 Å². The second-order valence-electron chi connectivity index (χ2n) is 6.62. The maximum atomic E-state index is 3.60. The maximum absolute atomic E-state index is 3.60. The molecule has 1 rings (SSSR count). The maximum Gasteiger partial charge on any atom is 0.0120 e. The first kappa shape index (κ1) is 14.6. The van der Waals surface area contributed by atoms with Crippen molar-refractivity contribution in [3.63, 3.8) is 0 Å². The van der Waals surface area contributed by atoms with E-state index in [1.807, 2.05) is 6.92 Å². The zero-order valence-electron chi connectivity index (χ0n) is 12.3. The van der Waals surface area contributed by atoms with E-state index in [1.54, 1.807) is 0 Å². The van der Waals surface area contributed by atoms with E-state index >= 15 is 0 Å². The van der Waals surface area contributed by atoms with Crippen LogP contribution in [-0.2, 0) is 0 Å². The van der Waals surface area contributed by atoms with E-state index in [2.05, 4.69) is 44.9 Å². The first-order valence-electron chi connectivity index (χ1n) is 7.07. The Morgan fingerprint density at radius 2 is 2.00 bits per heavy atom. The predicted octanol–water partition coefficient (Wildman–Crippen LogP) is 3.84. The van der Waals surface area contributed by atoms with Crippen LogP contribution in [0.1, 0.15) is 60.3 Å². The molecule has 17 heavy (non-hydrogen) atoms. The number of nitrogens with one attached hydrogen (secondary N) is 1. The number of hydrogen-bond acceptors (Lipinski definition) is 1. The molecule has 0 spiro atoms. The van der Waals surface area contributed by atoms with Crippen molar-refractivity contribution >= 4 is 0 Å². The van der Waals surface area contributed by atoms with Crippen molar-refractivity contribution in [3.05, 3.63) is 0 Å². The van der Waals surface area contributed by atoms with Gasteiger partial charge in [0.15, 0.2) is 0 Å². The molecule has 2 unspecified atom stereocenters. The Labute approximate surface area is 108 Å². The molecule has 98 valence electrons. The van der Waals surface area contributed by atoms with Crippen LogP contribution < -0.4 is 5.32 Å². The Hall–Kier alpha value is -0.480. The van der Waals surface area contributed by atoms with Crippen molar-refractivity contribution in [1.29, 1.82) is 0 Å². The third-order valence-corrected chi connectivity index (χ3v) is 4.00. The van der Waals surface area contributed by atoms with Crippen LogP contribution >= 0.6 is 0 Å². The van der Waals surface area contributed by atoms with Gasteiger partial charge in [0.2, 0.25) is 0 Å². The van der Waals surface area contributed by atoms with E-state index in [0.29, 0.717) is 11.5 Å². The second kappa shape index (κ2) is 6.45. The van der Waals surface area contributed by atoms with Gasteiger partial charge >= 0.3 is 0 Å². The highest BCUT2D eigenvalue weighted by molar-refractivity contribution is 4.99. The van der Waals surface area contributed by atoms with Gasteiger partial charge in [0.25, 0.3) is 0 Å². The average Bonchev–Trinajstić information content (AvgIpc) is 2.24. The van der Waals surface area contributed by atoms with Gasteiger partial charge in [-0.05, 0) is 50.0 Å². The van der Waals surface area contributed by atoms with Crippen molar-refractivity contribution < 1.29 is 0 Å². The molecule has 1 aliphatic carbocycles. The Balaban J connectivity index is 2.56. The molecular formula is C16H29N. The van der Waals surface area contributed by atoms with Crippen LogP contribution in [0.25, 0.3) is 0 Å². The van der Waals surface area contributed by atoms with Crippen molar-refractivity contribution in [1.82, 2.24) is 5.32 Å². The highest BCUT2D eigenvalue weighted by Crippen LogP contribution is 2.42. The van der Waals surface area contributed by atoms with E-state index in [4.69, 9.17) is 0 Å². The summed E-state index contributed by atoms with van der Waals surface area (Å²) < 4.78 is 0. The molecule has 1 N–H and O–H groups in total. The zero-order valence-corrected chi connectivity index (χ0v) is 12.3. The molecule has 0 saturated heterocycles. The van der Waals surface area contributed by atoms with E-state index in [0.717, 1.165) is 18.3 Å². The van der Waals surface area contributed by atoms with E-state index in [1.165, 1.54) is 25.8 Å². The minimum Gasteiger partial charge on any atom is -0.314 e. The number of hydrogen-bond donors (Lipinski definition) is 1. The molecule has 0 bridgehead atoms. The summed E-state index contributed by atoms with van der Waals surface area (Å²) in [5.74, 6) is 7.97. The van der Waals surface area contributed by atoms with Crippen LogP contribution in [0.3, 0.4) is 0 Å². The third kappa shape index (κ3) is 5.13. The lowest BCUT2D eigenvalue weighted by molar-refractivity contribution is 0.118. The van der Waals surface area contributed by atoms with Crippen molar-refractivity contribution in [3.8, 4) is 11.8 Å². The Morgan fingerprint density at radius 1 is 1.29 bits per heavy atom. The Morgan fingerprint density at radius 3 is 2.59 bits per heavy atom. The molecule has 1 fully saturated rings. The fourth-order valence-electron chi connectivity index (χ4n) is 2.92. The molecule has 1 nitrogen and oxygen atoms in total. The van der Waals surface area contributed by atoms with E-state index < -0.39 is 0 Å². The molecule has 0 aromatic carbocycles. The molecule has 0 aromatic heterocycles. The molecule has 1 saturated carbocycles. The lowest BCUT2D eigenvalue weighted by atomic mass is 9.66. The van der Waals surface area contributed by atoms with E-state index in [9.17, 15) is 0 Å². The van der Waals surface area contributed by atoms with Gasteiger partial charge < -0.3 is 5.32 Å². The summed E-state index contributed by atoms with van der Waals surface area (Å²) in [4.78, 5) is 0. The van der Waals surface area contributed by atoms with Gasteiger partial charge in [0.1, 0.15) is 0 Å². The van der Waals surface area contributed by atoms with Gasteiger partial charge in [-0.1, -0.05) is 27.7 Å². The lowest BCUT2D eigenvalue weighted by Crippen LogP contribution is -2.37. The summed E-state index contributed by atoms with van der Waals surface area (Å²) in [7, 11) is 0. The van der Waals surface area contributed by atoms with Crippen LogP contribution in [-0.4, -0.2) is 12.6 Å². The Bertz CT molecular complexity index is 278. The van der Waals surface area contributed by atoms with Crippen LogP contribution in [0, 0.1) is 29.1 Å². The van der Waals surface area contributed by atoms with Gasteiger partial charge in [-0.2, -0.15) is 0 Å². The standard InChI is InChI=1S/C16H29N/c1-6-7-8-14-11-16(4,5)10-9-15(14)12-17-13(2)3/h13-15,17H,8-12H2,1-5H3. The molecule has 0 radical (unpaired) electrons. The molecule has 0 aromatic rings. The zero-order chi connectivity index (χ0) is 12.9. The van der Waals surface area contributed by atoms with Gasteiger partial charge in [0.05, 0.1) is 0 Å². The molecule has 1 aliphatic rings. The summed E-state index contributed by atoms with van der Waals surface area (Å²) in [6.45, 7) is 12.4. The first-order chi connectivity index (χ1) is 7.94. The fourth-order valence-corrected chi connectivity index (χ4v) is 2.92. The lowest BCUT2D eigenvalue weighted by Gasteiger charge is -2.40. The monoisotopic (exact) mass is 235 g/mol. The van der Waals surface area contributed by atoms with Crippen molar-refractivity contribution in [2.45, 2.75) is 66.3 Å².